The number of amides is 1. The van der Waals surface area contributed by atoms with Gasteiger partial charge in [0.05, 0.1) is 11.9 Å². The van der Waals surface area contributed by atoms with Crippen molar-refractivity contribution >= 4 is 11.7 Å². The minimum Gasteiger partial charge on any atom is -0.353 e. The zero-order chi connectivity index (χ0) is 20.8. The van der Waals surface area contributed by atoms with Crippen LogP contribution in [-0.4, -0.2) is 58.7 Å². The Morgan fingerprint density at radius 2 is 2.00 bits per heavy atom. The normalized spacial score (nSPS) is 14.2. The third-order valence-electron chi connectivity index (χ3n) is 5.46. The summed E-state index contributed by atoms with van der Waals surface area (Å²) in [6, 6.07) is 14.3. The molecule has 0 atom stereocenters. The van der Waals surface area contributed by atoms with E-state index in [9.17, 15) is 4.79 Å². The number of hydrogen-bond acceptors (Lipinski definition) is 5. The standard InChI is InChI=1S/C23H28N6O/c1-18-5-4-6-19(15-18)23-20(17-26-27-23)16-24-10-8-22(30)29-13-11-28(12-14-29)21-7-2-3-9-25-21/h2-7,9,15,17,24H,8,10-14,16H2,1H3,(H,26,27). The number of H-pyrrole nitrogens is 1. The number of anilines is 1. The van der Waals surface area contributed by atoms with Gasteiger partial charge in [0.25, 0.3) is 0 Å². The summed E-state index contributed by atoms with van der Waals surface area (Å²) in [6.07, 6.45) is 4.16. The van der Waals surface area contributed by atoms with Gasteiger partial charge in [0.1, 0.15) is 5.82 Å². The Hall–Kier alpha value is -3.19. The SMILES string of the molecule is Cc1cccc(-c2[nH]ncc2CNCCC(=O)N2CCN(c3ccccn3)CC2)c1. The van der Waals surface area contributed by atoms with Gasteiger partial charge in [0, 0.05) is 63.0 Å². The van der Waals surface area contributed by atoms with Crippen LogP contribution in [0.25, 0.3) is 11.3 Å². The molecule has 1 fully saturated rings. The largest absolute Gasteiger partial charge is 0.353 e. The topological polar surface area (TPSA) is 77.2 Å². The number of carbonyl (C=O) groups is 1. The fraction of sp³-hybridized carbons (Fsp3) is 0.348. The summed E-state index contributed by atoms with van der Waals surface area (Å²) < 4.78 is 0. The first-order valence-corrected chi connectivity index (χ1v) is 10.4. The molecule has 2 N–H and O–H groups in total. The lowest BCUT2D eigenvalue weighted by Gasteiger charge is -2.35. The second kappa shape index (κ2) is 9.54. The van der Waals surface area contributed by atoms with E-state index in [0.29, 0.717) is 19.5 Å². The van der Waals surface area contributed by atoms with Gasteiger partial charge in [0.15, 0.2) is 0 Å². The molecule has 156 valence electrons. The summed E-state index contributed by atoms with van der Waals surface area (Å²) in [4.78, 5) is 21.1. The molecule has 0 radical (unpaired) electrons. The van der Waals surface area contributed by atoms with Crippen LogP contribution in [0.15, 0.2) is 54.9 Å². The number of nitrogens with one attached hydrogen (secondary N) is 2. The molecule has 4 rings (SSSR count). The minimum atomic E-state index is 0.203. The van der Waals surface area contributed by atoms with Crippen molar-refractivity contribution in [1.82, 2.24) is 25.4 Å². The Morgan fingerprint density at radius 1 is 1.13 bits per heavy atom. The molecule has 1 amide bonds. The molecule has 1 aromatic carbocycles. The van der Waals surface area contributed by atoms with Gasteiger partial charge in [-0.2, -0.15) is 5.10 Å². The molecule has 0 spiro atoms. The second-order valence-electron chi connectivity index (χ2n) is 7.62. The van der Waals surface area contributed by atoms with E-state index in [4.69, 9.17) is 0 Å². The number of pyridine rings is 1. The van der Waals surface area contributed by atoms with Crippen molar-refractivity contribution in [1.29, 1.82) is 0 Å². The van der Waals surface area contributed by atoms with Crippen LogP contribution in [0.3, 0.4) is 0 Å². The fourth-order valence-corrected chi connectivity index (χ4v) is 3.80. The average molecular weight is 405 g/mol. The van der Waals surface area contributed by atoms with E-state index in [0.717, 1.165) is 48.8 Å². The molecule has 0 unspecified atom stereocenters. The van der Waals surface area contributed by atoms with Crippen LogP contribution in [0.5, 0.6) is 0 Å². The van der Waals surface area contributed by atoms with Gasteiger partial charge >= 0.3 is 0 Å². The zero-order valence-corrected chi connectivity index (χ0v) is 17.3. The third-order valence-corrected chi connectivity index (χ3v) is 5.46. The molecule has 1 aliphatic rings. The van der Waals surface area contributed by atoms with Crippen molar-refractivity contribution in [2.45, 2.75) is 19.9 Å². The lowest BCUT2D eigenvalue weighted by molar-refractivity contribution is -0.131. The lowest BCUT2D eigenvalue weighted by atomic mass is 10.1. The van der Waals surface area contributed by atoms with Gasteiger partial charge in [-0.3, -0.25) is 9.89 Å². The highest BCUT2D eigenvalue weighted by Gasteiger charge is 2.21. The van der Waals surface area contributed by atoms with Gasteiger partial charge in [-0.15, -0.1) is 0 Å². The highest BCUT2D eigenvalue weighted by atomic mass is 16.2. The summed E-state index contributed by atoms with van der Waals surface area (Å²) in [7, 11) is 0. The smallest absolute Gasteiger partial charge is 0.223 e. The second-order valence-corrected chi connectivity index (χ2v) is 7.62. The van der Waals surface area contributed by atoms with E-state index in [1.54, 1.807) is 0 Å². The fourth-order valence-electron chi connectivity index (χ4n) is 3.80. The van der Waals surface area contributed by atoms with Crippen molar-refractivity contribution < 1.29 is 4.79 Å². The first kappa shape index (κ1) is 20.1. The van der Waals surface area contributed by atoms with Crippen LogP contribution >= 0.6 is 0 Å². The molecule has 1 saturated heterocycles. The van der Waals surface area contributed by atoms with Gasteiger partial charge < -0.3 is 15.1 Å². The van der Waals surface area contributed by atoms with Gasteiger partial charge in [-0.25, -0.2) is 4.98 Å². The average Bonchev–Trinajstić information content (AvgIpc) is 3.26. The Bertz CT molecular complexity index is 963. The number of aromatic amines is 1. The predicted octanol–water partition coefficient (Wildman–Crippen LogP) is 2.61. The van der Waals surface area contributed by atoms with Crippen molar-refractivity contribution in [2.24, 2.45) is 0 Å². The maximum atomic E-state index is 12.6. The number of benzene rings is 1. The van der Waals surface area contributed by atoms with Crippen molar-refractivity contribution in [3.63, 3.8) is 0 Å². The quantitative estimate of drug-likeness (QED) is 0.592. The van der Waals surface area contributed by atoms with E-state index in [1.807, 2.05) is 35.5 Å². The minimum absolute atomic E-state index is 0.203. The molecule has 0 bridgehead atoms. The highest BCUT2D eigenvalue weighted by Crippen LogP contribution is 2.21. The van der Waals surface area contributed by atoms with E-state index in [1.165, 1.54) is 5.56 Å². The van der Waals surface area contributed by atoms with Crippen LogP contribution in [0.1, 0.15) is 17.5 Å². The van der Waals surface area contributed by atoms with Gasteiger partial charge in [-0.1, -0.05) is 29.8 Å². The molecule has 3 heterocycles. The molecule has 0 saturated carbocycles. The Kier molecular flexibility index (Phi) is 6.39. The van der Waals surface area contributed by atoms with E-state index in [-0.39, 0.29) is 5.91 Å². The van der Waals surface area contributed by atoms with Crippen molar-refractivity contribution in [3.05, 3.63) is 66.0 Å². The maximum absolute atomic E-state index is 12.6. The predicted molar refractivity (Wildman–Crippen MR) is 118 cm³/mol. The van der Waals surface area contributed by atoms with Crippen LogP contribution in [0, 0.1) is 6.92 Å². The molecular weight excluding hydrogens is 376 g/mol. The van der Waals surface area contributed by atoms with Crippen LogP contribution in [-0.2, 0) is 11.3 Å². The molecule has 7 nitrogen and oxygen atoms in total. The van der Waals surface area contributed by atoms with Crippen molar-refractivity contribution in [3.8, 4) is 11.3 Å². The van der Waals surface area contributed by atoms with E-state index in [2.05, 4.69) is 56.6 Å². The van der Waals surface area contributed by atoms with Gasteiger partial charge in [-0.05, 0) is 25.1 Å². The number of aryl methyl sites for hydroxylation is 1. The number of hydrogen-bond donors (Lipinski definition) is 2. The Balaban J connectivity index is 1.21. The first-order chi connectivity index (χ1) is 14.7. The Morgan fingerprint density at radius 3 is 2.77 bits per heavy atom. The molecule has 7 heteroatoms. The highest BCUT2D eigenvalue weighted by molar-refractivity contribution is 5.76. The van der Waals surface area contributed by atoms with Crippen LogP contribution < -0.4 is 10.2 Å². The van der Waals surface area contributed by atoms with E-state index < -0.39 is 0 Å². The molecular formula is C23H28N6O. The number of piperazine rings is 1. The molecule has 2 aromatic heterocycles. The maximum Gasteiger partial charge on any atom is 0.223 e. The summed E-state index contributed by atoms with van der Waals surface area (Å²) in [5.41, 5.74) is 4.49. The first-order valence-electron chi connectivity index (χ1n) is 10.4. The molecule has 0 aliphatic carbocycles. The monoisotopic (exact) mass is 404 g/mol. The molecule has 3 aromatic rings. The van der Waals surface area contributed by atoms with Crippen molar-refractivity contribution in [2.75, 3.05) is 37.6 Å². The number of nitrogens with zero attached hydrogens (tertiary/aromatic N) is 4. The van der Waals surface area contributed by atoms with Crippen LogP contribution in [0.2, 0.25) is 0 Å². The van der Waals surface area contributed by atoms with E-state index >= 15 is 0 Å². The molecule has 30 heavy (non-hydrogen) atoms. The third kappa shape index (κ3) is 4.86. The summed E-state index contributed by atoms with van der Waals surface area (Å²) >= 11 is 0. The van der Waals surface area contributed by atoms with Crippen LogP contribution in [0.4, 0.5) is 5.82 Å². The summed E-state index contributed by atoms with van der Waals surface area (Å²) in [5.74, 6) is 1.19. The Labute approximate surface area is 177 Å². The summed E-state index contributed by atoms with van der Waals surface area (Å²) in [6.45, 7) is 6.55. The zero-order valence-electron chi connectivity index (χ0n) is 17.3. The summed E-state index contributed by atoms with van der Waals surface area (Å²) in [5, 5.41) is 10.7. The number of carbonyl (C=O) groups excluding carboxylic acids is 1. The lowest BCUT2D eigenvalue weighted by Crippen LogP contribution is -2.49. The number of aromatic nitrogens is 3. The molecule has 1 aliphatic heterocycles. The van der Waals surface area contributed by atoms with Gasteiger partial charge in [0.2, 0.25) is 5.91 Å². The number of rotatable bonds is 7.